The molecule has 1 heterocycles. The lowest BCUT2D eigenvalue weighted by molar-refractivity contribution is 0.265. The number of H-pyrrole nitrogens is 2. The second-order valence-electron chi connectivity index (χ2n) is 4.31. The first-order valence-electron chi connectivity index (χ1n) is 5.02. The van der Waals surface area contributed by atoms with Crippen LogP contribution in [0, 0.1) is 0 Å². The number of aromatic amines is 2. The fourth-order valence-electron chi connectivity index (χ4n) is 1.43. The van der Waals surface area contributed by atoms with Gasteiger partial charge in [-0.15, -0.1) is 11.8 Å². The zero-order chi connectivity index (χ0) is 11.8. The van der Waals surface area contributed by atoms with Crippen LogP contribution in [0.15, 0.2) is 27.9 Å². The maximum atomic E-state index is 11.1. The number of nitrogens with one attached hydrogen (secondary N) is 2. The number of aliphatic hydroxyl groups is 1. The maximum Gasteiger partial charge on any atom is 0.323 e. The van der Waals surface area contributed by atoms with Gasteiger partial charge in [0.15, 0.2) is 0 Å². The molecule has 4 nitrogen and oxygen atoms in total. The summed E-state index contributed by atoms with van der Waals surface area (Å²) in [4.78, 5) is 17.5. The predicted molar refractivity (Wildman–Crippen MR) is 65.9 cm³/mol. The van der Waals surface area contributed by atoms with Gasteiger partial charge in [-0.1, -0.05) is 0 Å². The molecule has 5 heteroatoms. The van der Waals surface area contributed by atoms with Crippen molar-refractivity contribution in [1.29, 1.82) is 0 Å². The molecule has 0 aliphatic rings. The van der Waals surface area contributed by atoms with Gasteiger partial charge in [-0.05, 0) is 32.0 Å². The van der Waals surface area contributed by atoms with E-state index in [2.05, 4.69) is 9.97 Å². The van der Waals surface area contributed by atoms with Gasteiger partial charge in [0, 0.05) is 9.64 Å². The summed E-state index contributed by atoms with van der Waals surface area (Å²) >= 11 is 1.58. The Labute approximate surface area is 97.1 Å². The molecule has 1 aromatic heterocycles. The molecule has 0 saturated heterocycles. The number of hydrogen-bond donors (Lipinski definition) is 3. The van der Waals surface area contributed by atoms with Crippen molar-refractivity contribution < 1.29 is 5.11 Å². The molecule has 0 saturated carbocycles. The van der Waals surface area contributed by atoms with E-state index in [9.17, 15) is 9.90 Å². The van der Waals surface area contributed by atoms with Crippen LogP contribution in [0.4, 0.5) is 0 Å². The summed E-state index contributed by atoms with van der Waals surface area (Å²) in [5.41, 5.74) is 1.40. The molecule has 3 N–H and O–H groups in total. The van der Waals surface area contributed by atoms with Crippen LogP contribution in [0.25, 0.3) is 11.0 Å². The molecule has 0 amide bonds. The number of aliphatic hydroxyl groups excluding tert-OH is 1. The standard InChI is InChI=1S/C11H14N2O2S/c1-11(2,6-14)16-7-3-4-8-9(5-7)13-10(15)12-8/h3-5,14H,6H2,1-2H3,(H2,12,13,15). The number of thioether (sulfide) groups is 1. The smallest absolute Gasteiger partial charge is 0.323 e. The van der Waals surface area contributed by atoms with Gasteiger partial charge in [0.25, 0.3) is 0 Å². The number of benzene rings is 1. The van der Waals surface area contributed by atoms with Crippen molar-refractivity contribution in [2.24, 2.45) is 0 Å². The Morgan fingerprint density at radius 2 is 2.00 bits per heavy atom. The predicted octanol–water partition coefficient (Wildman–Crippen LogP) is 1.72. The van der Waals surface area contributed by atoms with Crippen LogP contribution >= 0.6 is 11.8 Å². The van der Waals surface area contributed by atoms with E-state index in [1.807, 2.05) is 32.0 Å². The van der Waals surface area contributed by atoms with E-state index in [0.717, 1.165) is 15.9 Å². The Bertz CT molecular complexity index is 556. The third kappa shape index (κ3) is 2.31. The van der Waals surface area contributed by atoms with Crippen molar-refractivity contribution in [3.05, 3.63) is 28.7 Å². The second-order valence-corrected chi connectivity index (χ2v) is 6.09. The molecular formula is C11H14N2O2S. The maximum absolute atomic E-state index is 11.1. The molecule has 0 atom stereocenters. The van der Waals surface area contributed by atoms with E-state index in [-0.39, 0.29) is 17.0 Å². The zero-order valence-corrected chi connectivity index (χ0v) is 10.0. The fourth-order valence-corrected chi connectivity index (χ4v) is 2.44. The third-order valence-electron chi connectivity index (χ3n) is 2.26. The molecule has 0 bridgehead atoms. The van der Waals surface area contributed by atoms with Crippen molar-refractivity contribution in [3.63, 3.8) is 0 Å². The van der Waals surface area contributed by atoms with Crippen LogP contribution in [-0.4, -0.2) is 26.4 Å². The molecule has 2 aromatic rings. The third-order valence-corrected chi connectivity index (χ3v) is 3.43. The summed E-state index contributed by atoms with van der Waals surface area (Å²) in [5.74, 6) is 0. The molecule has 0 fully saturated rings. The Kier molecular flexibility index (Phi) is 2.82. The van der Waals surface area contributed by atoms with Gasteiger partial charge >= 0.3 is 5.69 Å². The SMILES string of the molecule is CC(C)(CO)Sc1ccc2[nH]c(=O)[nH]c2c1. The molecule has 0 aliphatic carbocycles. The van der Waals surface area contributed by atoms with E-state index in [0.29, 0.717) is 0 Å². The highest BCUT2D eigenvalue weighted by Crippen LogP contribution is 2.32. The molecule has 86 valence electrons. The minimum atomic E-state index is -0.218. The van der Waals surface area contributed by atoms with E-state index >= 15 is 0 Å². The van der Waals surface area contributed by atoms with Crippen LogP contribution < -0.4 is 5.69 Å². The number of imidazole rings is 1. The Morgan fingerprint density at radius 3 is 2.69 bits per heavy atom. The average molecular weight is 238 g/mol. The highest BCUT2D eigenvalue weighted by molar-refractivity contribution is 8.00. The molecular weight excluding hydrogens is 224 g/mol. The van der Waals surface area contributed by atoms with Crippen LogP contribution in [0.1, 0.15) is 13.8 Å². The van der Waals surface area contributed by atoms with Crippen molar-refractivity contribution in [2.45, 2.75) is 23.5 Å². The van der Waals surface area contributed by atoms with Crippen LogP contribution in [0.2, 0.25) is 0 Å². The van der Waals surface area contributed by atoms with Crippen molar-refractivity contribution >= 4 is 22.8 Å². The minimum absolute atomic E-state index is 0.110. The summed E-state index contributed by atoms with van der Waals surface area (Å²) in [6.45, 7) is 4.06. The van der Waals surface area contributed by atoms with Crippen molar-refractivity contribution in [2.75, 3.05) is 6.61 Å². The molecule has 0 radical (unpaired) electrons. The number of aromatic nitrogens is 2. The first-order valence-corrected chi connectivity index (χ1v) is 5.84. The fraction of sp³-hybridized carbons (Fsp3) is 0.364. The van der Waals surface area contributed by atoms with Gasteiger partial charge in [0.2, 0.25) is 0 Å². The summed E-state index contributed by atoms with van der Waals surface area (Å²) in [5, 5.41) is 9.19. The summed E-state index contributed by atoms with van der Waals surface area (Å²) in [7, 11) is 0. The Balaban J connectivity index is 2.36. The van der Waals surface area contributed by atoms with Gasteiger partial charge < -0.3 is 15.1 Å². The molecule has 0 aliphatic heterocycles. The number of hydrogen-bond acceptors (Lipinski definition) is 3. The highest BCUT2D eigenvalue weighted by atomic mass is 32.2. The van der Waals surface area contributed by atoms with Crippen LogP contribution in [0.3, 0.4) is 0 Å². The lowest BCUT2D eigenvalue weighted by Gasteiger charge is -2.20. The summed E-state index contributed by atoms with van der Waals surface area (Å²) in [6, 6.07) is 5.71. The second kappa shape index (κ2) is 3.99. The van der Waals surface area contributed by atoms with E-state index in [4.69, 9.17) is 0 Å². The molecule has 1 aromatic carbocycles. The lowest BCUT2D eigenvalue weighted by Crippen LogP contribution is -2.19. The topological polar surface area (TPSA) is 68.9 Å². The number of fused-ring (bicyclic) bond motifs is 1. The molecule has 0 unspecified atom stereocenters. The minimum Gasteiger partial charge on any atom is -0.395 e. The summed E-state index contributed by atoms with van der Waals surface area (Å²) < 4.78 is -0.218. The van der Waals surface area contributed by atoms with E-state index in [1.54, 1.807) is 11.8 Å². The number of rotatable bonds is 3. The van der Waals surface area contributed by atoms with Crippen molar-refractivity contribution in [3.8, 4) is 0 Å². The zero-order valence-electron chi connectivity index (χ0n) is 9.20. The monoisotopic (exact) mass is 238 g/mol. The van der Waals surface area contributed by atoms with E-state index in [1.165, 1.54) is 0 Å². The highest BCUT2D eigenvalue weighted by Gasteiger charge is 2.18. The van der Waals surface area contributed by atoms with Crippen LogP contribution in [-0.2, 0) is 0 Å². The first-order chi connectivity index (χ1) is 7.50. The average Bonchev–Trinajstić information content (AvgIpc) is 2.57. The quantitative estimate of drug-likeness (QED) is 0.713. The normalized spacial score (nSPS) is 12.2. The van der Waals surface area contributed by atoms with Crippen molar-refractivity contribution in [1.82, 2.24) is 9.97 Å². The Morgan fingerprint density at radius 1 is 1.31 bits per heavy atom. The van der Waals surface area contributed by atoms with Crippen LogP contribution in [0.5, 0.6) is 0 Å². The lowest BCUT2D eigenvalue weighted by atomic mass is 10.2. The molecule has 2 rings (SSSR count). The van der Waals surface area contributed by atoms with E-state index < -0.39 is 0 Å². The van der Waals surface area contributed by atoms with Gasteiger partial charge in [0.05, 0.1) is 17.6 Å². The molecule has 0 spiro atoms. The summed E-state index contributed by atoms with van der Waals surface area (Å²) in [6.07, 6.45) is 0. The first kappa shape index (κ1) is 11.3. The van der Waals surface area contributed by atoms with Gasteiger partial charge in [-0.25, -0.2) is 4.79 Å². The molecule has 16 heavy (non-hydrogen) atoms. The van der Waals surface area contributed by atoms with Gasteiger partial charge in [-0.3, -0.25) is 0 Å². The van der Waals surface area contributed by atoms with Gasteiger partial charge in [-0.2, -0.15) is 0 Å². The van der Waals surface area contributed by atoms with Gasteiger partial charge in [0.1, 0.15) is 0 Å². The largest absolute Gasteiger partial charge is 0.395 e. The Hall–Kier alpha value is -1.20.